The molecule has 0 unspecified atom stereocenters. The van der Waals surface area contributed by atoms with E-state index >= 15 is 0 Å². The molecule has 7 aromatic rings. The Balaban J connectivity index is 0.000000339. The summed E-state index contributed by atoms with van der Waals surface area (Å²) in [4.78, 5) is 57.4. The first-order valence-electron chi connectivity index (χ1n) is 17.8. The molecule has 0 atom stereocenters. The maximum Gasteiger partial charge on any atom is 0.250 e. The summed E-state index contributed by atoms with van der Waals surface area (Å²) in [6, 6.07) is 12.3. The number of nitrogens with one attached hydrogen (secondary N) is 5. The molecule has 7 aromatic heterocycles. The fraction of sp³-hybridized carbons (Fsp3) is 0.243. The third-order valence-corrected chi connectivity index (χ3v) is 6.57. The lowest BCUT2D eigenvalue weighted by molar-refractivity contribution is -0.730. The summed E-state index contributed by atoms with van der Waals surface area (Å²) in [6.45, 7) is 3.85. The number of hydrogen-bond acceptors (Lipinski definition) is 14. The Bertz CT molecular complexity index is 1900. The summed E-state index contributed by atoms with van der Waals surface area (Å²) in [5, 5.41) is 19.4. The molecule has 0 radical (unpaired) electrons. The summed E-state index contributed by atoms with van der Waals surface area (Å²) in [5.74, 6) is 1.94. The molecule has 22 heteroatoms. The zero-order valence-electron chi connectivity index (χ0n) is 33.5. The summed E-state index contributed by atoms with van der Waals surface area (Å²) < 4.78 is 1.76. The molecule has 59 heavy (non-hydrogen) atoms. The van der Waals surface area contributed by atoms with E-state index in [4.69, 9.17) is 22.9 Å². The molecule has 22 nitrogen and oxygen atoms in total. The number of nitrogens with zero attached hydrogens (tertiary/aromatic N) is 10. The first-order valence-corrected chi connectivity index (χ1v) is 17.8. The van der Waals surface area contributed by atoms with Crippen LogP contribution in [0.5, 0.6) is 0 Å². The lowest BCUT2D eigenvalue weighted by Gasteiger charge is -1.97. The van der Waals surface area contributed by atoms with Crippen LogP contribution in [0.4, 0.5) is 5.82 Å². The second kappa shape index (κ2) is 31.5. The molecule has 1 saturated heterocycles. The molecular weight excluding hydrogens is 759 g/mol. The Morgan fingerprint density at radius 1 is 0.814 bits per heavy atom. The van der Waals surface area contributed by atoms with Gasteiger partial charge in [-0.2, -0.15) is 19.7 Å². The Morgan fingerprint density at radius 2 is 1.44 bits per heavy atom. The van der Waals surface area contributed by atoms with E-state index in [2.05, 4.69) is 66.0 Å². The van der Waals surface area contributed by atoms with Gasteiger partial charge in [0.1, 0.15) is 24.5 Å². The molecular formula is C37H54N19O3+. The van der Waals surface area contributed by atoms with Gasteiger partial charge in [-0.1, -0.05) is 11.3 Å². The van der Waals surface area contributed by atoms with Crippen LogP contribution in [0.3, 0.4) is 0 Å². The second-order valence-corrected chi connectivity index (χ2v) is 11.2. The predicted octanol–water partition coefficient (Wildman–Crippen LogP) is 0.475. The Labute approximate surface area is 341 Å². The molecule has 0 aromatic carbocycles. The fourth-order valence-corrected chi connectivity index (χ4v) is 3.66. The minimum absolute atomic E-state index is 0.204. The van der Waals surface area contributed by atoms with Gasteiger partial charge in [0.05, 0.1) is 31.0 Å². The van der Waals surface area contributed by atoms with Crippen LogP contribution >= 0.6 is 0 Å². The lowest BCUT2D eigenvalue weighted by atomic mass is 10.3. The van der Waals surface area contributed by atoms with Gasteiger partial charge in [0.25, 0.3) is 0 Å². The van der Waals surface area contributed by atoms with Crippen molar-refractivity contribution in [2.24, 2.45) is 37.0 Å². The number of imidazole rings is 2. The van der Waals surface area contributed by atoms with Crippen LogP contribution in [0, 0.1) is 6.92 Å². The Kier molecular flexibility index (Phi) is 26.3. The number of carbonyl (C=O) groups excluding carboxylic acids is 3. The van der Waals surface area contributed by atoms with Crippen molar-refractivity contribution in [3.63, 3.8) is 0 Å². The van der Waals surface area contributed by atoms with Crippen LogP contribution in [-0.4, -0.2) is 91.5 Å². The highest BCUT2D eigenvalue weighted by atomic mass is 16.2. The van der Waals surface area contributed by atoms with Crippen molar-refractivity contribution in [1.29, 1.82) is 0 Å². The standard InChI is InChI=1S/C7H10N2.2C6H6N2O.2C4H7N3.C4H7NO.2C3H5N3/c1-6-4-3-5-7(8-2)9-6;7-6(9)5-1-3-8-4-2-5;7-6(9)5-2-1-3-8-4-5;2*5-3-4-6-1-2-7-4;6-4-2-1-3-5-4;1-6-3-2-4-5-6;1-6-4-2-3-5-6/h3-5H,1-2H3,(H,8,9);2*1-4H,(H2,7,9);2*1-2H,3,5H2,(H,6,7);1-3H2,(H,5,6);2*2-3H,1H3/p+1. The smallest absolute Gasteiger partial charge is 0.250 e. The highest BCUT2D eigenvalue weighted by Gasteiger charge is 2.05. The normalized spacial score (nSPS) is 10.2. The Hall–Kier alpha value is -7.72. The van der Waals surface area contributed by atoms with Crippen LogP contribution in [-0.2, 0) is 32.0 Å². The molecule has 1 aliphatic heterocycles. The molecule has 0 saturated carbocycles. The van der Waals surface area contributed by atoms with Crippen molar-refractivity contribution < 1.29 is 19.1 Å². The van der Waals surface area contributed by atoms with E-state index in [1.54, 1.807) is 85.6 Å². The molecule has 8 rings (SSSR count). The van der Waals surface area contributed by atoms with Crippen molar-refractivity contribution in [2.45, 2.75) is 32.9 Å². The lowest BCUT2D eigenvalue weighted by Crippen LogP contribution is -2.28. The van der Waals surface area contributed by atoms with Crippen LogP contribution in [0.15, 0.2) is 117 Å². The molecule has 0 aliphatic carbocycles. The van der Waals surface area contributed by atoms with E-state index in [0.717, 1.165) is 42.5 Å². The number of carbonyl (C=O) groups is 3. The zero-order chi connectivity index (χ0) is 43.5. The van der Waals surface area contributed by atoms with Crippen LogP contribution in [0.1, 0.15) is 50.9 Å². The number of pyridine rings is 3. The van der Waals surface area contributed by atoms with Crippen molar-refractivity contribution in [3.8, 4) is 0 Å². The van der Waals surface area contributed by atoms with Gasteiger partial charge in [0, 0.05) is 93.0 Å². The zero-order valence-corrected chi connectivity index (χ0v) is 33.5. The number of hydrogen-bond donors (Lipinski definition) is 9. The number of aromatic nitrogens is 13. The Morgan fingerprint density at radius 3 is 1.69 bits per heavy atom. The number of aromatic amines is 3. The van der Waals surface area contributed by atoms with Gasteiger partial charge in [-0.05, 0) is 49.7 Å². The number of aryl methyl sites for hydroxylation is 3. The van der Waals surface area contributed by atoms with Crippen LogP contribution in [0.25, 0.3) is 0 Å². The van der Waals surface area contributed by atoms with Gasteiger partial charge in [-0.3, -0.25) is 24.4 Å². The van der Waals surface area contributed by atoms with Gasteiger partial charge in [-0.25, -0.2) is 15.0 Å². The van der Waals surface area contributed by atoms with E-state index in [1.165, 1.54) is 23.4 Å². The van der Waals surface area contributed by atoms with Crippen LogP contribution < -0.4 is 38.3 Å². The third-order valence-electron chi connectivity index (χ3n) is 6.57. The van der Waals surface area contributed by atoms with Gasteiger partial charge in [0.15, 0.2) is 6.20 Å². The first-order chi connectivity index (χ1) is 28.5. The van der Waals surface area contributed by atoms with Gasteiger partial charge >= 0.3 is 0 Å². The van der Waals surface area contributed by atoms with Gasteiger partial charge in [-0.15, -0.1) is 0 Å². The number of primary amides is 2. The summed E-state index contributed by atoms with van der Waals surface area (Å²) >= 11 is 0. The third kappa shape index (κ3) is 25.9. The number of amides is 3. The molecule has 8 heterocycles. The number of nitrogens with two attached hydrogens (primary N) is 4. The second-order valence-electron chi connectivity index (χ2n) is 11.2. The average Bonchev–Trinajstić information content (AvgIpc) is 4.13. The van der Waals surface area contributed by atoms with E-state index in [-0.39, 0.29) is 5.91 Å². The molecule has 13 N–H and O–H groups in total. The van der Waals surface area contributed by atoms with E-state index in [9.17, 15) is 14.4 Å². The largest absolute Gasteiger partial charge is 0.373 e. The molecule has 0 spiro atoms. The van der Waals surface area contributed by atoms with E-state index < -0.39 is 11.8 Å². The average molecular weight is 813 g/mol. The van der Waals surface area contributed by atoms with Crippen molar-refractivity contribution >= 4 is 23.5 Å². The summed E-state index contributed by atoms with van der Waals surface area (Å²) in [6.07, 6.45) is 21.5. The molecule has 0 bridgehead atoms. The van der Waals surface area contributed by atoms with Crippen molar-refractivity contribution in [2.75, 3.05) is 18.9 Å². The highest BCUT2D eigenvalue weighted by molar-refractivity contribution is 5.92. The van der Waals surface area contributed by atoms with E-state index in [1.807, 2.05) is 45.4 Å². The van der Waals surface area contributed by atoms with Gasteiger partial charge < -0.3 is 43.5 Å². The minimum Gasteiger partial charge on any atom is -0.373 e. The van der Waals surface area contributed by atoms with Crippen molar-refractivity contribution in [1.82, 2.24) is 65.5 Å². The van der Waals surface area contributed by atoms with Crippen LogP contribution in [0.2, 0.25) is 0 Å². The predicted molar refractivity (Wildman–Crippen MR) is 220 cm³/mol. The summed E-state index contributed by atoms with van der Waals surface area (Å²) in [7, 11) is 5.52. The molecule has 3 amide bonds. The maximum absolute atomic E-state index is 10.4. The number of anilines is 1. The number of rotatable bonds is 5. The highest BCUT2D eigenvalue weighted by Crippen LogP contribution is 2.01. The first kappa shape index (κ1) is 49.3. The number of H-pyrrole nitrogens is 3. The van der Waals surface area contributed by atoms with E-state index in [0.29, 0.717) is 24.2 Å². The molecule has 1 fully saturated rings. The van der Waals surface area contributed by atoms with Gasteiger partial charge in [0.2, 0.25) is 23.9 Å². The fourth-order valence-electron chi connectivity index (χ4n) is 3.66. The maximum atomic E-state index is 10.4. The quantitative estimate of drug-likeness (QED) is 0.107. The topological polar surface area (TPSA) is 339 Å². The summed E-state index contributed by atoms with van der Waals surface area (Å²) in [5.41, 5.74) is 22.3. The molecule has 1 aliphatic rings. The minimum atomic E-state index is -0.442. The van der Waals surface area contributed by atoms with Crippen molar-refractivity contribution in [3.05, 3.63) is 145 Å². The molecule has 314 valence electrons. The SMILES string of the molecule is CNc1cccc(C)n1.C[n+]1ccn[nH]1.Cn1nccn1.NC(=O)c1cccnc1.NC(=O)c1ccncc1.NCc1ncc[nH]1.NCc1ncc[nH]1.O=C1CCCN1. The monoisotopic (exact) mass is 812 g/mol.